The zero-order chi connectivity index (χ0) is 13.8. The van der Waals surface area contributed by atoms with Crippen LogP contribution in [0, 0.1) is 6.92 Å². The van der Waals surface area contributed by atoms with Crippen LogP contribution < -0.4 is 11.1 Å². The van der Waals surface area contributed by atoms with Crippen molar-refractivity contribution in [1.82, 2.24) is 0 Å². The summed E-state index contributed by atoms with van der Waals surface area (Å²) in [6.07, 6.45) is 0. The second-order valence-corrected chi connectivity index (χ2v) is 4.84. The molecule has 0 aliphatic heterocycles. The normalized spacial score (nSPS) is 11.9. The lowest BCUT2D eigenvalue weighted by Crippen LogP contribution is -2.27. The molecule has 0 saturated heterocycles. The van der Waals surface area contributed by atoms with Crippen LogP contribution in [0.25, 0.3) is 0 Å². The van der Waals surface area contributed by atoms with Crippen molar-refractivity contribution in [3.05, 3.63) is 64.7 Å². The summed E-state index contributed by atoms with van der Waals surface area (Å²) in [5, 5.41) is 3.69. The van der Waals surface area contributed by atoms with Crippen LogP contribution in [0.3, 0.4) is 0 Å². The molecule has 3 nitrogen and oxygen atoms in total. The number of primary amides is 1. The zero-order valence-electron chi connectivity index (χ0n) is 10.6. The van der Waals surface area contributed by atoms with Crippen molar-refractivity contribution in [2.45, 2.75) is 13.0 Å². The molecule has 2 aromatic carbocycles. The van der Waals surface area contributed by atoms with Gasteiger partial charge in [0.15, 0.2) is 0 Å². The Morgan fingerprint density at radius 2 is 1.89 bits per heavy atom. The number of aryl methyl sites for hydroxylation is 1. The van der Waals surface area contributed by atoms with E-state index in [0.29, 0.717) is 5.02 Å². The van der Waals surface area contributed by atoms with Gasteiger partial charge < -0.3 is 11.1 Å². The van der Waals surface area contributed by atoms with Crippen molar-refractivity contribution >= 4 is 23.2 Å². The van der Waals surface area contributed by atoms with E-state index < -0.39 is 11.9 Å². The summed E-state index contributed by atoms with van der Waals surface area (Å²) >= 11 is 5.94. The molecule has 19 heavy (non-hydrogen) atoms. The second kappa shape index (κ2) is 5.76. The number of hydrogen-bond acceptors (Lipinski definition) is 2. The molecule has 0 aliphatic carbocycles. The van der Waals surface area contributed by atoms with Crippen molar-refractivity contribution in [3.8, 4) is 0 Å². The lowest BCUT2D eigenvalue weighted by Gasteiger charge is -2.17. The van der Waals surface area contributed by atoms with Crippen molar-refractivity contribution in [1.29, 1.82) is 0 Å². The van der Waals surface area contributed by atoms with E-state index in [1.165, 1.54) is 0 Å². The minimum Gasteiger partial charge on any atom is -0.370 e. The predicted octanol–water partition coefficient (Wildman–Crippen LogP) is 3.29. The summed E-state index contributed by atoms with van der Waals surface area (Å²) < 4.78 is 0. The van der Waals surface area contributed by atoms with Gasteiger partial charge in [0, 0.05) is 10.7 Å². The molecule has 3 N–H and O–H groups in total. The third-order valence-corrected chi connectivity index (χ3v) is 3.06. The lowest BCUT2D eigenvalue weighted by molar-refractivity contribution is -0.118. The summed E-state index contributed by atoms with van der Waals surface area (Å²) in [6.45, 7) is 2.01. The molecule has 2 aromatic rings. The molecule has 0 spiro atoms. The molecular formula is C15H15ClN2O. The van der Waals surface area contributed by atoms with Crippen LogP contribution in [0.2, 0.25) is 5.02 Å². The van der Waals surface area contributed by atoms with E-state index in [0.717, 1.165) is 16.8 Å². The number of nitrogens with one attached hydrogen (secondary N) is 1. The molecule has 1 amide bonds. The van der Waals surface area contributed by atoms with Crippen LogP contribution in [-0.4, -0.2) is 5.91 Å². The first-order valence-electron chi connectivity index (χ1n) is 5.94. The number of halogens is 1. The Morgan fingerprint density at radius 3 is 2.47 bits per heavy atom. The number of rotatable bonds is 4. The van der Waals surface area contributed by atoms with Crippen LogP contribution in [0.4, 0.5) is 5.69 Å². The number of hydrogen-bond donors (Lipinski definition) is 2. The van der Waals surface area contributed by atoms with Crippen molar-refractivity contribution < 1.29 is 4.79 Å². The van der Waals surface area contributed by atoms with Gasteiger partial charge in [0.1, 0.15) is 6.04 Å². The van der Waals surface area contributed by atoms with Gasteiger partial charge in [-0.05, 0) is 36.8 Å². The fourth-order valence-electron chi connectivity index (χ4n) is 1.82. The molecule has 1 atom stereocenters. The summed E-state index contributed by atoms with van der Waals surface area (Å²) in [7, 11) is 0. The average molecular weight is 275 g/mol. The van der Waals surface area contributed by atoms with Crippen LogP contribution in [0.1, 0.15) is 17.2 Å². The molecule has 0 aromatic heterocycles. The molecule has 0 heterocycles. The lowest BCUT2D eigenvalue weighted by atomic mass is 10.1. The van der Waals surface area contributed by atoms with E-state index in [1.54, 1.807) is 18.2 Å². The standard InChI is InChI=1S/C15H15ClN2O/c1-10-5-7-13(8-6-10)18-14(15(17)19)11-3-2-4-12(16)9-11/h2-9,14,18H,1H3,(H2,17,19). The highest BCUT2D eigenvalue weighted by Gasteiger charge is 2.17. The third-order valence-electron chi connectivity index (χ3n) is 2.83. The highest BCUT2D eigenvalue weighted by atomic mass is 35.5. The summed E-state index contributed by atoms with van der Waals surface area (Å²) in [5.74, 6) is -0.442. The Balaban J connectivity index is 2.26. The molecule has 1 unspecified atom stereocenters. The zero-order valence-corrected chi connectivity index (χ0v) is 11.3. The van der Waals surface area contributed by atoms with E-state index in [-0.39, 0.29) is 0 Å². The van der Waals surface area contributed by atoms with Gasteiger partial charge >= 0.3 is 0 Å². The van der Waals surface area contributed by atoms with Crippen LogP contribution in [-0.2, 0) is 4.79 Å². The summed E-state index contributed by atoms with van der Waals surface area (Å²) in [6, 6.07) is 14.3. The van der Waals surface area contributed by atoms with E-state index in [2.05, 4.69) is 5.32 Å². The highest BCUT2D eigenvalue weighted by molar-refractivity contribution is 6.30. The summed E-state index contributed by atoms with van der Waals surface area (Å²) in [4.78, 5) is 11.6. The maximum absolute atomic E-state index is 11.6. The van der Waals surface area contributed by atoms with Gasteiger partial charge in [-0.3, -0.25) is 4.79 Å². The molecular weight excluding hydrogens is 260 g/mol. The number of anilines is 1. The Hall–Kier alpha value is -2.00. The fraction of sp³-hybridized carbons (Fsp3) is 0.133. The number of carbonyl (C=O) groups excluding carboxylic acids is 1. The average Bonchev–Trinajstić information content (AvgIpc) is 2.37. The molecule has 0 saturated carbocycles. The SMILES string of the molecule is Cc1ccc(NC(C(N)=O)c2cccc(Cl)c2)cc1. The second-order valence-electron chi connectivity index (χ2n) is 4.40. The van der Waals surface area contributed by atoms with Gasteiger partial charge in [-0.2, -0.15) is 0 Å². The molecule has 0 bridgehead atoms. The Kier molecular flexibility index (Phi) is 4.07. The molecule has 2 rings (SSSR count). The van der Waals surface area contributed by atoms with Crippen LogP contribution in [0.5, 0.6) is 0 Å². The molecule has 0 fully saturated rings. The van der Waals surface area contributed by atoms with Gasteiger partial charge in [-0.1, -0.05) is 41.4 Å². The maximum Gasteiger partial charge on any atom is 0.244 e. The number of benzene rings is 2. The van der Waals surface area contributed by atoms with E-state index >= 15 is 0 Å². The van der Waals surface area contributed by atoms with Crippen molar-refractivity contribution in [3.63, 3.8) is 0 Å². The van der Waals surface area contributed by atoms with Gasteiger partial charge in [-0.15, -0.1) is 0 Å². The first-order valence-corrected chi connectivity index (χ1v) is 6.32. The summed E-state index contributed by atoms with van der Waals surface area (Å²) in [5.41, 5.74) is 8.20. The number of carbonyl (C=O) groups is 1. The quantitative estimate of drug-likeness (QED) is 0.899. The van der Waals surface area contributed by atoms with E-state index in [9.17, 15) is 4.79 Å². The monoisotopic (exact) mass is 274 g/mol. The van der Waals surface area contributed by atoms with E-state index in [1.807, 2.05) is 37.3 Å². The van der Waals surface area contributed by atoms with Crippen LogP contribution >= 0.6 is 11.6 Å². The maximum atomic E-state index is 11.6. The van der Waals surface area contributed by atoms with Gasteiger partial charge in [0.05, 0.1) is 0 Å². The van der Waals surface area contributed by atoms with Crippen LogP contribution in [0.15, 0.2) is 48.5 Å². The van der Waals surface area contributed by atoms with Gasteiger partial charge in [0.25, 0.3) is 0 Å². The minimum atomic E-state index is -0.596. The Morgan fingerprint density at radius 1 is 1.21 bits per heavy atom. The number of amides is 1. The van der Waals surface area contributed by atoms with Crippen molar-refractivity contribution in [2.24, 2.45) is 5.73 Å². The number of nitrogens with two attached hydrogens (primary N) is 1. The van der Waals surface area contributed by atoms with E-state index in [4.69, 9.17) is 17.3 Å². The first kappa shape index (κ1) is 13.4. The topological polar surface area (TPSA) is 55.1 Å². The third kappa shape index (κ3) is 3.48. The van der Waals surface area contributed by atoms with Gasteiger partial charge in [0.2, 0.25) is 5.91 Å². The largest absolute Gasteiger partial charge is 0.370 e. The molecule has 4 heteroatoms. The first-order chi connectivity index (χ1) is 9.06. The predicted molar refractivity (Wildman–Crippen MR) is 78.2 cm³/mol. The molecule has 0 radical (unpaired) electrons. The Bertz CT molecular complexity index is 581. The fourth-order valence-corrected chi connectivity index (χ4v) is 2.02. The molecule has 0 aliphatic rings. The van der Waals surface area contributed by atoms with Gasteiger partial charge in [-0.25, -0.2) is 0 Å². The Labute approximate surface area is 117 Å². The highest BCUT2D eigenvalue weighted by Crippen LogP contribution is 2.22. The smallest absolute Gasteiger partial charge is 0.244 e. The molecule has 98 valence electrons. The van der Waals surface area contributed by atoms with Crippen molar-refractivity contribution in [2.75, 3.05) is 5.32 Å². The minimum absolute atomic E-state index is 0.442.